The number of benzene rings is 1. The minimum Gasteiger partial charge on any atom is -0.497 e. The molecule has 0 saturated carbocycles. The minimum atomic E-state index is -0.0805. The van der Waals surface area contributed by atoms with Crippen molar-refractivity contribution in [1.29, 1.82) is 0 Å². The molecule has 0 radical (unpaired) electrons. The fraction of sp³-hybridized carbons (Fsp3) is 0.400. The Hall–Kier alpha value is -1.42. The standard InChI is InChI=1S/C10H12O4/c1-12-8-4-7(6-11)10-9(5-8)13-2-3-14-10/h4-5,11H,2-3,6H2,1H3. The highest BCUT2D eigenvalue weighted by Crippen LogP contribution is 2.37. The van der Waals surface area contributed by atoms with Crippen molar-refractivity contribution >= 4 is 0 Å². The molecule has 0 saturated heterocycles. The van der Waals surface area contributed by atoms with Gasteiger partial charge in [0.15, 0.2) is 11.5 Å². The molecule has 0 bridgehead atoms. The van der Waals surface area contributed by atoms with E-state index in [2.05, 4.69) is 0 Å². The third kappa shape index (κ3) is 1.48. The molecule has 0 aromatic heterocycles. The Kier molecular flexibility index (Phi) is 2.45. The summed E-state index contributed by atoms with van der Waals surface area (Å²) in [6.45, 7) is 0.972. The van der Waals surface area contributed by atoms with Gasteiger partial charge in [-0.25, -0.2) is 0 Å². The largest absolute Gasteiger partial charge is 0.497 e. The van der Waals surface area contributed by atoms with Crippen molar-refractivity contribution in [2.75, 3.05) is 20.3 Å². The van der Waals surface area contributed by atoms with Crippen LogP contribution >= 0.6 is 0 Å². The average molecular weight is 196 g/mol. The number of rotatable bonds is 2. The molecule has 0 unspecified atom stereocenters. The van der Waals surface area contributed by atoms with E-state index in [0.29, 0.717) is 36.0 Å². The van der Waals surface area contributed by atoms with Gasteiger partial charge >= 0.3 is 0 Å². The molecule has 1 aliphatic rings. The fourth-order valence-electron chi connectivity index (χ4n) is 1.43. The normalized spacial score (nSPS) is 13.9. The highest BCUT2D eigenvalue weighted by atomic mass is 16.6. The minimum absolute atomic E-state index is 0.0805. The lowest BCUT2D eigenvalue weighted by Gasteiger charge is -2.21. The van der Waals surface area contributed by atoms with Crippen molar-refractivity contribution in [2.24, 2.45) is 0 Å². The van der Waals surface area contributed by atoms with E-state index < -0.39 is 0 Å². The first-order valence-electron chi connectivity index (χ1n) is 4.42. The Morgan fingerprint density at radius 3 is 2.86 bits per heavy atom. The lowest BCUT2D eigenvalue weighted by molar-refractivity contribution is 0.164. The molecule has 1 aliphatic heterocycles. The maximum absolute atomic E-state index is 9.12. The first kappa shape index (κ1) is 9.15. The van der Waals surface area contributed by atoms with E-state index in [1.807, 2.05) is 0 Å². The second-order valence-electron chi connectivity index (χ2n) is 2.97. The van der Waals surface area contributed by atoms with Gasteiger partial charge in [0.1, 0.15) is 19.0 Å². The number of ether oxygens (including phenoxy) is 3. The van der Waals surface area contributed by atoms with Crippen LogP contribution in [-0.4, -0.2) is 25.4 Å². The van der Waals surface area contributed by atoms with Crippen molar-refractivity contribution in [3.63, 3.8) is 0 Å². The van der Waals surface area contributed by atoms with E-state index in [4.69, 9.17) is 19.3 Å². The lowest BCUT2D eigenvalue weighted by Crippen LogP contribution is -2.16. The molecule has 1 N–H and O–H groups in total. The highest BCUT2D eigenvalue weighted by molar-refractivity contribution is 5.52. The molecule has 0 atom stereocenters. The van der Waals surface area contributed by atoms with Crippen molar-refractivity contribution in [2.45, 2.75) is 6.61 Å². The van der Waals surface area contributed by atoms with Gasteiger partial charge in [0.05, 0.1) is 13.7 Å². The predicted molar refractivity (Wildman–Crippen MR) is 49.9 cm³/mol. The van der Waals surface area contributed by atoms with Crippen molar-refractivity contribution < 1.29 is 19.3 Å². The van der Waals surface area contributed by atoms with Crippen molar-refractivity contribution in [1.82, 2.24) is 0 Å². The summed E-state index contributed by atoms with van der Waals surface area (Å²) in [5.41, 5.74) is 0.694. The van der Waals surface area contributed by atoms with Gasteiger partial charge in [0, 0.05) is 11.6 Å². The van der Waals surface area contributed by atoms with Crippen LogP contribution in [-0.2, 0) is 6.61 Å². The van der Waals surface area contributed by atoms with Gasteiger partial charge in [-0.05, 0) is 6.07 Å². The van der Waals surface area contributed by atoms with Crippen LogP contribution in [0, 0.1) is 0 Å². The summed E-state index contributed by atoms with van der Waals surface area (Å²) in [7, 11) is 1.58. The zero-order chi connectivity index (χ0) is 9.97. The number of aliphatic hydroxyl groups is 1. The number of fused-ring (bicyclic) bond motifs is 1. The molecule has 1 heterocycles. The van der Waals surface area contributed by atoms with Crippen molar-refractivity contribution in [3.05, 3.63) is 17.7 Å². The van der Waals surface area contributed by atoms with Gasteiger partial charge in [-0.1, -0.05) is 0 Å². The zero-order valence-corrected chi connectivity index (χ0v) is 7.95. The van der Waals surface area contributed by atoms with E-state index >= 15 is 0 Å². The van der Waals surface area contributed by atoms with Gasteiger partial charge in [0.2, 0.25) is 0 Å². The molecule has 0 fully saturated rings. The summed E-state index contributed by atoms with van der Waals surface area (Å²) in [5.74, 6) is 1.93. The van der Waals surface area contributed by atoms with Crippen LogP contribution in [0.3, 0.4) is 0 Å². The predicted octanol–water partition coefficient (Wildman–Crippen LogP) is 0.959. The van der Waals surface area contributed by atoms with Crippen LogP contribution in [0.25, 0.3) is 0 Å². The molecule has 0 aliphatic carbocycles. The number of hydrogen-bond donors (Lipinski definition) is 1. The maximum Gasteiger partial charge on any atom is 0.167 e. The Morgan fingerprint density at radius 1 is 1.36 bits per heavy atom. The highest BCUT2D eigenvalue weighted by Gasteiger charge is 2.17. The summed E-state index contributed by atoms with van der Waals surface area (Å²) in [4.78, 5) is 0. The first-order chi connectivity index (χ1) is 6.85. The van der Waals surface area contributed by atoms with E-state index in [9.17, 15) is 0 Å². The molecular formula is C10H12O4. The van der Waals surface area contributed by atoms with Crippen LogP contribution in [0.1, 0.15) is 5.56 Å². The molecule has 4 nitrogen and oxygen atoms in total. The maximum atomic E-state index is 9.12. The van der Waals surface area contributed by atoms with E-state index in [-0.39, 0.29) is 6.61 Å². The topological polar surface area (TPSA) is 47.9 Å². The fourth-order valence-corrected chi connectivity index (χ4v) is 1.43. The van der Waals surface area contributed by atoms with Gasteiger partial charge in [-0.3, -0.25) is 0 Å². The van der Waals surface area contributed by atoms with Crippen LogP contribution in [0.2, 0.25) is 0 Å². The Balaban J connectivity index is 2.47. The summed E-state index contributed by atoms with van der Waals surface area (Å²) >= 11 is 0. The second-order valence-corrected chi connectivity index (χ2v) is 2.97. The monoisotopic (exact) mass is 196 g/mol. The molecular weight excluding hydrogens is 184 g/mol. The van der Waals surface area contributed by atoms with Gasteiger partial charge in [-0.15, -0.1) is 0 Å². The number of aliphatic hydroxyl groups excluding tert-OH is 1. The third-order valence-corrected chi connectivity index (χ3v) is 2.10. The molecule has 1 aromatic rings. The summed E-state index contributed by atoms with van der Waals surface area (Å²) in [6, 6.07) is 3.50. The summed E-state index contributed by atoms with van der Waals surface area (Å²) in [6.07, 6.45) is 0. The molecule has 1 aromatic carbocycles. The lowest BCUT2D eigenvalue weighted by atomic mass is 10.1. The van der Waals surface area contributed by atoms with Gasteiger partial charge < -0.3 is 19.3 Å². The molecule has 0 spiro atoms. The Labute approximate surface area is 82.0 Å². The van der Waals surface area contributed by atoms with Gasteiger partial charge in [0.25, 0.3) is 0 Å². The van der Waals surface area contributed by atoms with Crippen LogP contribution in [0.4, 0.5) is 0 Å². The van der Waals surface area contributed by atoms with Crippen LogP contribution < -0.4 is 14.2 Å². The Morgan fingerprint density at radius 2 is 2.14 bits per heavy atom. The van der Waals surface area contributed by atoms with E-state index in [0.717, 1.165) is 0 Å². The van der Waals surface area contributed by atoms with Crippen LogP contribution in [0.15, 0.2) is 12.1 Å². The Bertz CT molecular complexity index is 318. The molecule has 76 valence electrons. The summed E-state index contributed by atoms with van der Waals surface area (Å²) < 4.78 is 15.9. The molecule has 0 amide bonds. The number of hydrogen-bond acceptors (Lipinski definition) is 4. The average Bonchev–Trinajstić information content (AvgIpc) is 2.27. The molecule has 4 heteroatoms. The first-order valence-corrected chi connectivity index (χ1v) is 4.42. The quantitative estimate of drug-likeness (QED) is 0.765. The van der Waals surface area contributed by atoms with E-state index in [1.165, 1.54) is 0 Å². The molecule has 2 rings (SSSR count). The number of methoxy groups -OCH3 is 1. The zero-order valence-electron chi connectivity index (χ0n) is 7.95. The second kappa shape index (κ2) is 3.75. The van der Waals surface area contributed by atoms with Gasteiger partial charge in [-0.2, -0.15) is 0 Å². The molecule has 14 heavy (non-hydrogen) atoms. The van der Waals surface area contributed by atoms with E-state index in [1.54, 1.807) is 19.2 Å². The van der Waals surface area contributed by atoms with Crippen LogP contribution in [0.5, 0.6) is 17.2 Å². The third-order valence-electron chi connectivity index (χ3n) is 2.10. The SMILES string of the molecule is COc1cc(CO)c2c(c1)OCCO2. The smallest absolute Gasteiger partial charge is 0.167 e. The summed E-state index contributed by atoms with van der Waals surface area (Å²) in [5, 5.41) is 9.12. The van der Waals surface area contributed by atoms with Crippen molar-refractivity contribution in [3.8, 4) is 17.2 Å².